The average Bonchev–Trinajstić information content (AvgIpc) is 3.11. The number of amidine groups is 1. The van der Waals surface area contributed by atoms with Crippen molar-refractivity contribution in [3.8, 4) is 11.1 Å². The summed E-state index contributed by atoms with van der Waals surface area (Å²) in [7, 11) is 1.93. The van der Waals surface area contributed by atoms with Crippen molar-refractivity contribution >= 4 is 47.0 Å². The largest absolute Gasteiger partial charge is 0.616 e. The van der Waals surface area contributed by atoms with Crippen LogP contribution in [0.4, 0.5) is 5.69 Å². The highest BCUT2D eigenvalue weighted by molar-refractivity contribution is 7.91. The van der Waals surface area contributed by atoms with Gasteiger partial charge in [-0.25, -0.2) is 4.99 Å². The SMILES string of the molecule is CCCN(CCC)C(=O)C1=Cc2ccc(-c3ccc(C=O)c(/C=C\N(C)CC[S+]([O-])CC)c3)cc2N=C(N)C1. The number of hydrogen-bond acceptors (Lipinski definition) is 6. The summed E-state index contributed by atoms with van der Waals surface area (Å²) in [6.45, 7) is 8.16. The van der Waals surface area contributed by atoms with E-state index in [2.05, 4.69) is 18.8 Å². The molecule has 2 aromatic rings. The van der Waals surface area contributed by atoms with Crippen LogP contribution in [-0.4, -0.2) is 70.6 Å². The van der Waals surface area contributed by atoms with Crippen LogP contribution in [-0.2, 0) is 16.0 Å². The monoisotopic (exact) mass is 548 g/mol. The Kier molecular flexibility index (Phi) is 11.4. The molecule has 2 N–H and O–H groups in total. The number of aldehydes is 1. The molecule has 0 saturated carbocycles. The Morgan fingerprint density at radius 3 is 2.41 bits per heavy atom. The smallest absolute Gasteiger partial charge is 0.250 e. The lowest BCUT2D eigenvalue weighted by Gasteiger charge is -2.22. The zero-order valence-electron chi connectivity index (χ0n) is 23.5. The molecule has 7 nitrogen and oxygen atoms in total. The standard InChI is InChI=1S/C31H40N4O3S/c1-5-13-35(14-6-2)31(37)28-19-26-10-8-24(20-29(26)33-30(32)21-28)23-9-11-27(22-36)25(18-23)12-15-34(4)16-17-39(38)7-3/h8-12,15,18-20,22H,5-7,13-14,16-17,21H2,1-4H3,(H2,32,33)/b15-12-. The summed E-state index contributed by atoms with van der Waals surface area (Å²) in [6, 6.07) is 11.6. The molecule has 0 aromatic heterocycles. The van der Waals surface area contributed by atoms with Gasteiger partial charge in [-0.15, -0.1) is 0 Å². The molecular formula is C31H40N4O3S. The molecule has 39 heavy (non-hydrogen) atoms. The van der Waals surface area contributed by atoms with Gasteiger partial charge >= 0.3 is 0 Å². The van der Waals surface area contributed by atoms with E-state index in [4.69, 9.17) is 5.73 Å². The van der Waals surface area contributed by atoms with Crippen molar-refractivity contribution in [2.75, 3.05) is 38.2 Å². The molecule has 1 amide bonds. The van der Waals surface area contributed by atoms with Gasteiger partial charge in [0, 0.05) is 43.3 Å². The molecule has 8 heteroatoms. The van der Waals surface area contributed by atoms with Crippen molar-refractivity contribution in [3.63, 3.8) is 0 Å². The fourth-order valence-corrected chi connectivity index (χ4v) is 5.22. The minimum absolute atomic E-state index is 0.0144. The molecule has 1 atom stereocenters. The molecule has 0 aliphatic carbocycles. The molecule has 0 radical (unpaired) electrons. The van der Waals surface area contributed by atoms with E-state index in [0.29, 0.717) is 60.2 Å². The third kappa shape index (κ3) is 8.31. The molecule has 1 heterocycles. The second-order valence-corrected chi connectivity index (χ2v) is 11.6. The predicted octanol–water partition coefficient (Wildman–Crippen LogP) is 5.26. The second-order valence-electron chi connectivity index (χ2n) is 9.71. The van der Waals surface area contributed by atoms with E-state index < -0.39 is 11.2 Å². The van der Waals surface area contributed by atoms with Crippen molar-refractivity contribution in [2.24, 2.45) is 10.7 Å². The summed E-state index contributed by atoms with van der Waals surface area (Å²) in [4.78, 5) is 33.5. The van der Waals surface area contributed by atoms with Gasteiger partial charge in [0.15, 0.2) is 6.29 Å². The van der Waals surface area contributed by atoms with Crippen molar-refractivity contribution in [1.29, 1.82) is 0 Å². The quantitative estimate of drug-likeness (QED) is 0.272. The van der Waals surface area contributed by atoms with Gasteiger partial charge in [0.2, 0.25) is 5.91 Å². The van der Waals surface area contributed by atoms with Crippen LogP contribution in [0.1, 0.15) is 61.5 Å². The van der Waals surface area contributed by atoms with Crippen molar-refractivity contribution in [2.45, 2.75) is 40.0 Å². The number of carbonyl (C=O) groups is 2. The lowest BCUT2D eigenvalue weighted by atomic mass is 9.97. The minimum Gasteiger partial charge on any atom is -0.616 e. The molecule has 0 bridgehead atoms. The summed E-state index contributed by atoms with van der Waals surface area (Å²) < 4.78 is 11.7. The first kappa shape index (κ1) is 30.2. The number of aliphatic imine (C=N–C) groups is 1. The molecule has 0 spiro atoms. The minimum atomic E-state index is -0.822. The molecular weight excluding hydrogens is 508 g/mol. The first-order chi connectivity index (χ1) is 18.8. The number of nitrogens with zero attached hydrogens (tertiary/aromatic N) is 3. The maximum Gasteiger partial charge on any atom is 0.250 e. The third-order valence-electron chi connectivity index (χ3n) is 6.59. The molecule has 2 aromatic carbocycles. The predicted molar refractivity (Wildman–Crippen MR) is 164 cm³/mol. The Balaban J connectivity index is 1.90. The van der Waals surface area contributed by atoms with E-state index in [0.717, 1.165) is 41.4 Å². The number of nitrogens with two attached hydrogens (primary N) is 1. The lowest BCUT2D eigenvalue weighted by Crippen LogP contribution is -2.34. The van der Waals surface area contributed by atoms with E-state index in [9.17, 15) is 14.1 Å². The van der Waals surface area contributed by atoms with Crippen LogP contribution >= 0.6 is 0 Å². The zero-order chi connectivity index (χ0) is 28.4. The van der Waals surface area contributed by atoms with Crippen molar-refractivity contribution < 1.29 is 14.1 Å². The molecule has 1 aliphatic rings. The fraction of sp³-hybridized carbons (Fsp3) is 0.387. The Bertz CT molecular complexity index is 1250. The van der Waals surface area contributed by atoms with Gasteiger partial charge in [-0.1, -0.05) is 49.3 Å². The molecule has 0 saturated heterocycles. The van der Waals surface area contributed by atoms with Gasteiger partial charge < -0.3 is 20.1 Å². The summed E-state index contributed by atoms with van der Waals surface area (Å²) in [5.74, 6) is 1.67. The number of amides is 1. The van der Waals surface area contributed by atoms with E-state index >= 15 is 0 Å². The van der Waals surface area contributed by atoms with Gasteiger partial charge in [0.25, 0.3) is 0 Å². The van der Waals surface area contributed by atoms with E-state index in [1.807, 2.05) is 78.5 Å². The maximum atomic E-state index is 13.3. The van der Waals surface area contributed by atoms with Gasteiger partial charge in [0.05, 0.1) is 12.2 Å². The Morgan fingerprint density at radius 1 is 1.05 bits per heavy atom. The van der Waals surface area contributed by atoms with Crippen LogP contribution in [0, 0.1) is 0 Å². The van der Waals surface area contributed by atoms with Gasteiger partial charge in [-0.2, -0.15) is 0 Å². The zero-order valence-corrected chi connectivity index (χ0v) is 24.3. The maximum absolute atomic E-state index is 13.3. The van der Waals surface area contributed by atoms with E-state index in [-0.39, 0.29) is 5.91 Å². The van der Waals surface area contributed by atoms with Gasteiger partial charge in [0.1, 0.15) is 17.3 Å². The highest BCUT2D eigenvalue weighted by atomic mass is 32.2. The molecule has 1 aliphatic heterocycles. The van der Waals surface area contributed by atoms with Gasteiger partial charge in [-0.3, -0.25) is 9.59 Å². The molecule has 1 unspecified atom stereocenters. The summed E-state index contributed by atoms with van der Waals surface area (Å²) >= 11 is -0.822. The second kappa shape index (κ2) is 14.7. The van der Waals surface area contributed by atoms with Crippen LogP contribution in [0.2, 0.25) is 0 Å². The highest BCUT2D eigenvalue weighted by Gasteiger charge is 2.21. The van der Waals surface area contributed by atoms with Crippen LogP contribution in [0.25, 0.3) is 23.3 Å². The van der Waals surface area contributed by atoms with Crippen LogP contribution in [0.3, 0.4) is 0 Å². The summed E-state index contributed by atoms with van der Waals surface area (Å²) in [5, 5.41) is 0. The molecule has 3 rings (SSSR count). The Hall–Kier alpha value is -3.36. The normalized spacial score (nSPS) is 13.8. The molecule has 0 fully saturated rings. The number of hydrogen-bond donors (Lipinski definition) is 1. The number of benzene rings is 2. The molecule has 208 valence electrons. The average molecular weight is 549 g/mol. The van der Waals surface area contributed by atoms with Crippen LogP contribution in [0.15, 0.2) is 53.2 Å². The number of rotatable bonds is 13. The third-order valence-corrected chi connectivity index (χ3v) is 7.88. The Morgan fingerprint density at radius 2 is 1.74 bits per heavy atom. The number of carbonyl (C=O) groups excluding carboxylic acids is 2. The first-order valence-corrected chi connectivity index (χ1v) is 15.1. The van der Waals surface area contributed by atoms with Gasteiger partial charge in [-0.05, 0) is 66.9 Å². The first-order valence-electron chi connectivity index (χ1n) is 13.6. The lowest BCUT2D eigenvalue weighted by molar-refractivity contribution is -0.127. The summed E-state index contributed by atoms with van der Waals surface area (Å²) in [5.41, 5.74) is 11.7. The highest BCUT2D eigenvalue weighted by Crippen LogP contribution is 2.33. The summed E-state index contributed by atoms with van der Waals surface area (Å²) in [6.07, 6.45) is 8.69. The van der Waals surface area contributed by atoms with Crippen LogP contribution in [0.5, 0.6) is 0 Å². The van der Waals surface area contributed by atoms with Crippen LogP contribution < -0.4 is 5.73 Å². The van der Waals surface area contributed by atoms with Crippen molar-refractivity contribution in [3.05, 3.63) is 64.9 Å². The fourth-order valence-electron chi connectivity index (χ4n) is 4.44. The van der Waals surface area contributed by atoms with E-state index in [1.54, 1.807) is 0 Å². The topological polar surface area (TPSA) is 102 Å². The number of fused-ring (bicyclic) bond motifs is 1. The Labute approximate surface area is 235 Å². The van der Waals surface area contributed by atoms with E-state index in [1.165, 1.54) is 0 Å². The van der Waals surface area contributed by atoms with Crippen molar-refractivity contribution in [1.82, 2.24) is 9.80 Å².